The zero-order chi connectivity index (χ0) is 22.1. The van der Waals surface area contributed by atoms with E-state index >= 15 is 0 Å². The second-order valence-electron chi connectivity index (χ2n) is 6.74. The molecule has 3 aromatic carbocycles. The molecular weight excluding hydrogens is 412 g/mol. The minimum absolute atomic E-state index is 0.110. The van der Waals surface area contributed by atoms with Gasteiger partial charge in [-0.05, 0) is 35.9 Å². The fraction of sp³-hybridized carbons (Fsp3) is 0.200. The highest BCUT2D eigenvalue weighted by atomic mass is 35.5. The van der Waals surface area contributed by atoms with E-state index in [1.807, 2.05) is 42.5 Å². The van der Waals surface area contributed by atoms with Crippen LogP contribution in [0, 0.1) is 11.3 Å². The lowest BCUT2D eigenvalue weighted by molar-refractivity contribution is -0.118. The Bertz CT molecular complexity index is 1030. The SMILES string of the molecule is COc1ccc(N(C(=O)CCCl)[C@H](C#N)c2ccccc2OCc2ccccc2)cc1. The quantitative estimate of drug-likeness (QED) is 0.417. The van der Waals surface area contributed by atoms with Crippen LogP contribution >= 0.6 is 11.6 Å². The van der Waals surface area contributed by atoms with E-state index in [4.69, 9.17) is 21.1 Å². The first-order valence-corrected chi connectivity index (χ1v) is 10.4. The zero-order valence-corrected chi connectivity index (χ0v) is 18.0. The Morgan fingerprint density at radius 3 is 2.35 bits per heavy atom. The van der Waals surface area contributed by atoms with Crippen LogP contribution in [0.1, 0.15) is 23.6 Å². The van der Waals surface area contributed by atoms with E-state index in [0.29, 0.717) is 29.4 Å². The summed E-state index contributed by atoms with van der Waals surface area (Å²) in [6.07, 6.45) is 0.110. The number of rotatable bonds is 9. The van der Waals surface area contributed by atoms with E-state index in [-0.39, 0.29) is 18.2 Å². The molecule has 0 fully saturated rings. The maximum Gasteiger partial charge on any atom is 0.229 e. The molecular formula is C25H23ClN2O3. The van der Waals surface area contributed by atoms with E-state index in [0.717, 1.165) is 5.56 Å². The molecule has 0 aliphatic carbocycles. The maximum atomic E-state index is 13.0. The number of benzene rings is 3. The number of nitrogens with zero attached hydrogens (tertiary/aromatic N) is 2. The second kappa shape index (κ2) is 11.1. The van der Waals surface area contributed by atoms with E-state index in [9.17, 15) is 10.1 Å². The van der Waals surface area contributed by atoms with Gasteiger partial charge in [0, 0.05) is 23.6 Å². The average Bonchev–Trinajstić information content (AvgIpc) is 2.82. The van der Waals surface area contributed by atoms with Crippen LogP contribution in [0.4, 0.5) is 5.69 Å². The van der Waals surface area contributed by atoms with Gasteiger partial charge in [0.2, 0.25) is 5.91 Å². The zero-order valence-electron chi connectivity index (χ0n) is 17.2. The summed E-state index contributed by atoms with van der Waals surface area (Å²) in [5.41, 5.74) is 2.20. The molecule has 0 spiro atoms. The van der Waals surface area contributed by atoms with Crippen molar-refractivity contribution >= 4 is 23.2 Å². The summed E-state index contributed by atoms with van der Waals surface area (Å²) in [5.74, 6) is 1.13. The molecule has 5 nitrogen and oxygen atoms in total. The number of hydrogen-bond donors (Lipinski definition) is 0. The van der Waals surface area contributed by atoms with Gasteiger partial charge in [-0.3, -0.25) is 9.69 Å². The summed E-state index contributed by atoms with van der Waals surface area (Å²) < 4.78 is 11.2. The summed E-state index contributed by atoms with van der Waals surface area (Å²) in [5, 5.41) is 10.1. The molecule has 1 atom stereocenters. The first-order valence-electron chi connectivity index (χ1n) is 9.85. The highest BCUT2D eigenvalue weighted by Crippen LogP contribution is 2.34. The molecule has 158 valence electrons. The minimum Gasteiger partial charge on any atom is -0.497 e. The van der Waals surface area contributed by atoms with Crippen molar-refractivity contribution in [2.75, 3.05) is 17.9 Å². The number of carbonyl (C=O) groups excluding carboxylic acids is 1. The van der Waals surface area contributed by atoms with Crippen LogP contribution in [0.3, 0.4) is 0 Å². The van der Waals surface area contributed by atoms with Crippen molar-refractivity contribution in [1.82, 2.24) is 0 Å². The number of anilines is 1. The number of hydrogen-bond acceptors (Lipinski definition) is 4. The Morgan fingerprint density at radius 2 is 1.71 bits per heavy atom. The molecule has 3 aromatic rings. The summed E-state index contributed by atoms with van der Waals surface area (Å²) in [6.45, 7) is 0.355. The van der Waals surface area contributed by atoms with Crippen molar-refractivity contribution in [3.8, 4) is 17.6 Å². The van der Waals surface area contributed by atoms with Gasteiger partial charge in [0.15, 0.2) is 6.04 Å². The summed E-state index contributed by atoms with van der Waals surface area (Å²) in [4.78, 5) is 14.4. The number of methoxy groups -OCH3 is 1. The predicted molar refractivity (Wildman–Crippen MR) is 121 cm³/mol. The van der Waals surface area contributed by atoms with E-state index in [2.05, 4.69) is 6.07 Å². The Hall–Kier alpha value is -3.49. The Kier molecular flexibility index (Phi) is 7.91. The van der Waals surface area contributed by atoms with Crippen molar-refractivity contribution < 1.29 is 14.3 Å². The van der Waals surface area contributed by atoms with Crippen molar-refractivity contribution in [3.63, 3.8) is 0 Å². The van der Waals surface area contributed by atoms with Crippen molar-refractivity contribution in [2.24, 2.45) is 0 Å². The third-order valence-electron chi connectivity index (χ3n) is 4.76. The third-order valence-corrected chi connectivity index (χ3v) is 4.95. The molecule has 0 radical (unpaired) electrons. The third kappa shape index (κ3) is 5.56. The number of carbonyl (C=O) groups is 1. The predicted octanol–water partition coefficient (Wildman–Crippen LogP) is 5.50. The van der Waals surface area contributed by atoms with Gasteiger partial charge >= 0.3 is 0 Å². The van der Waals surface area contributed by atoms with Gasteiger partial charge in [-0.15, -0.1) is 11.6 Å². The normalized spacial score (nSPS) is 11.3. The molecule has 6 heteroatoms. The molecule has 0 saturated carbocycles. The molecule has 0 bridgehead atoms. The molecule has 0 aliphatic heterocycles. The number of para-hydroxylation sites is 1. The lowest BCUT2D eigenvalue weighted by Crippen LogP contribution is -2.34. The van der Waals surface area contributed by atoms with Crippen LogP contribution in [0.15, 0.2) is 78.9 Å². The standard InChI is InChI=1S/C25H23ClN2O3/c1-30-21-13-11-20(12-14-21)28(25(29)15-16-26)23(17-27)22-9-5-6-10-24(22)31-18-19-7-3-2-4-8-19/h2-14,23H,15-16,18H2,1H3/t23-/m1/s1. The summed E-state index contributed by atoms with van der Waals surface area (Å²) in [7, 11) is 1.57. The van der Waals surface area contributed by atoms with E-state index in [1.165, 1.54) is 4.90 Å². The van der Waals surface area contributed by atoms with Gasteiger partial charge in [-0.25, -0.2) is 0 Å². The van der Waals surface area contributed by atoms with Crippen LogP contribution in [0.25, 0.3) is 0 Å². The van der Waals surface area contributed by atoms with Crippen molar-refractivity contribution in [1.29, 1.82) is 5.26 Å². The highest BCUT2D eigenvalue weighted by Gasteiger charge is 2.28. The topological polar surface area (TPSA) is 62.6 Å². The number of nitriles is 1. The Morgan fingerprint density at radius 1 is 1.03 bits per heavy atom. The first-order chi connectivity index (χ1) is 15.2. The van der Waals surface area contributed by atoms with E-state index < -0.39 is 6.04 Å². The number of ether oxygens (including phenoxy) is 2. The maximum absolute atomic E-state index is 13.0. The Labute approximate surface area is 187 Å². The molecule has 3 rings (SSSR count). The van der Waals surface area contributed by atoms with Crippen LogP contribution in [-0.4, -0.2) is 18.9 Å². The van der Waals surface area contributed by atoms with Gasteiger partial charge in [0.1, 0.15) is 18.1 Å². The Balaban J connectivity index is 1.96. The van der Waals surface area contributed by atoms with Gasteiger partial charge in [0.05, 0.1) is 13.2 Å². The number of amides is 1. The van der Waals surface area contributed by atoms with Crippen molar-refractivity contribution in [3.05, 3.63) is 90.0 Å². The molecule has 0 heterocycles. The molecule has 0 saturated heterocycles. The van der Waals surface area contributed by atoms with Gasteiger partial charge < -0.3 is 9.47 Å². The largest absolute Gasteiger partial charge is 0.497 e. The lowest BCUT2D eigenvalue weighted by atomic mass is 10.0. The van der Waals surface area contributed by atoms with Crippen LogP contribution in [0.2, 0.25) is 0 Å². The van der Waals surface area contributed by atoms with Gasteiger partial charge in [-0.2, -0.15) is 5.26 Å². The monoisotopic (exact) mass is 434 g/mol. The van der Waals surface area contributed by atoms with Gasteiger partial charge in [-0.1, -0.05) is 48.5 Å². The molecule has 1 amide bonds. The number of halogens is 1. The highest BCUT2D eigenvalue weighted by molar-refractivity contribution is 6.19. The summed E-state index contributed by atoms with van der Waals surface area (Å²) in [6, 6.07) is 25.5. The van der Waals surface area contributed by atoms with Crippen molar-refractivity contribution in [2.45, 2.75) is 19.1 Å². The molecule has 31 heavy (non-hydrogen) atoms. The fourth-order valence-corrected chi connectivity index (χ4v) is 3.38. The van der Waals surface area contributed by atoms with Gasteiger partial charge in [0.25, 0.3) is 0 Å². The minimum atomic E-state index is -0.879. The average molecular weight is 435 g/mol. The van der Waals surface area contributed by atoms with Crippen LogP contribution in [-0.2, 0) is 11.4 Å². The fourth-order valence-electron chi connectivity index (χ4n) is 3.22. The smallest absolute Gasteiger partial charge is 0.229 e. The van der Waals surface area contributed by atoms with Crippen LogP contribution in [0.5, 0.6) is 11.5 Å². The first kappa shape index (κ1) is 22.2. The number of alkyl halides is 1. The molecule has 0 aromatic heterocycles. The molecule has 0 N–H and O–H groups in total. The van der Waals surface area contributed by atoms with Crippen LogP contribution < -0.4 is 14.4 Å². The summed E-state index contributed by atoms with van der Waals surface area (Å²) >= 11 is 5.84. The molecule has 0 unspecified atom stereocenters. The second-order valence-corrected chi connectivity index (χ2v) is 7.12. The molecule has 0 aliphatic rings. The van der Waals surface area contributed by atoms with E-state index in [1.54, 1.807) is 43.5 Å². The lowest BCUT2D eigenvalue weighted by Gasteiger charge is -2.29.